The molecular weight excluding hydrogens is 534 g/mol. The van der Waals surface area contributed by atoms with Crippen molar-refractivity contribution in [3.8, 4) is 5.75 Å². The summed E-state index contributed by atoms with van der Waals surface area (Å²) in [7, 11) is 0. The molecule has 0 radical (unpaired) electrons. The molecule has 0 bridgehead atoms. The summed E-state index contributed by atoms with van der Waals surface area (Å²) in [6.45, 7) is 5.30. The number of benzene rings is 1. The quantitative estimate of drug-likeness (QED) is 0.229. The van der Waals surface area contributed by atoms with Gasteiger partial charge in [-0.3, -0.25) is 29.4 Å². The zero-order valence-electron chi connectivity index (χ0n) is 21.8. The Bertz CT molecular complexity index is 1000. The van der Waals surface area contributed by atoms with Gasteiger partial charge in [0.15, 0.2) is 0 Å². The lowest BCUT2D eigenvalue weighted by molar-refractivity contribution is -0.136. The third-order valence-electron chi connectivity index (χ3n) is 6.53. The van der Waals surface area contributed by atoms with Gasteiger partial charge in [-0.05, 0) is 44.5 Å². The number of hydrogen-bond donors (Lipinski definition) is 2. The molecule has 3 aliphatic heterocycles. The first kappa shape index (κ1) is 30.9. The maximum atomic E-state index is 13.0. The van der Waals surface area contributed by atoms with Crippen molar-refractivity contribution in [1.29, 1.82) is 0 Å². The van der Waals surface area contributed by atoms with E-state index >= 15 is 0 Å². The van der Waals surface area contributed by atoms with Gasteiger partial charge >= 0.3 is 0 Å². The number of hydrogen-bond acceptors (Lipinski definition) is 10. The molecule has 1 unspecified atom stereocenters. The third-order valence-corrected chi connectivity index (χ3v) is 6.53. The van der Waals surface area contributed by atoms with Gasteiger partial charge < -0.3 is 29.0 Å². The summed E-state index contributed by atoms with van der Waals surface area (Å²) in [5.74, 6) is -2.00. The van der Waals surface area contributed by atoms with Gasteiger partial charge in [0.2, 0.25) is 11.8 Å². The number of carbonyl (C=O) groups is 4. The summed E-state index contributed by atoms with van der Waals surface area (Å²) < 4.78 is 28.0. The molecular formula is C26H36ClN3O9. The van der Waals surface area contributed by atoms with Crippen LogP contribution >= 0.6 is 12.4 Å². The van der Waals surface area contributed by atoms with Crippen molar-refractivity contribution in [3.05, 3.63) is 29.3 Å². The lowest BCUT2D eigenvalue weighted by Crippen LogP contribution is -2.54. The van der Waals surface area contributed by atoms with E-state index in [4.69, 9.17) is 23.7 Å². The Hall–Kier alpha value is -2.61. The van der Waals surface area contributed by atoms with E-state index in [9.17, 15) is 19.2 Å². The minimum absolute atomic E-state index is 0. The molecule has 0 aromatic heterocycles. The SMILES string of the molecule is Cl.O=C1CCC(N2C(=O)c3cccc(OCCOCCOCCOCCOC4CCNCC4)c3C2=O)C(=O)N1. The molecule has 13 heteroatoms. The highest BCUT2D eigenvalue weighted by atomic mass is 35.5. The number of ether oxygens (including phenoxy) is 5. The van der Waals surface area contributed by atoms with Crippen molar-refractivity contribution >= 4 is 36.0 Å². The predicted octanol–water partition coefficient (Wildman–Crippen LogP) is 0.707. The van der Waals surface area contributed by atoms with Crippen LogP contribution in [0.15, 0.2) is 18.2 Å². The topological polar surface area (TPSA) is 142 Å². The molecule has 39 heavy (non-hydrogen) atoms. The van der Waals surface area contributed by atoms with Crippen molar-refractivity contribution in [2.45, 2.75) is 37.8 Å². The Morgan fingerprint density at radius 2 is 1.44 bits per heavy atom. The van der Waals surface area contributed by atoms with E-state index in [2.05, 4.69) is 10.6 Å². The second-order valence-electron chi connectivity index (χ2n) is 9.13. The molecule has 2 saturated heterocycles. The summed E-state index contributed by atoms with van der Waals surface area (Å²) in [4.78, 5) is 50.5. The number of nitrogens with one attached hydrogen (secondary N) is 2. The van der Waals surface area contributed by atoms with Crippen LogP contribution in [0, 0.1) is 0 Å². The van der Waals surface area contributed by atoms with Crippen LogP contribution in [0.1, 0.15) is 46.4 Å². The highest BCUT2D eigenvalue weighted by molar-refractivity contribution is 6.24. The highest BCUT2D eigenvalue weighted by Crippen LogP contribution is 2.33. The lowest BCUT2D eigenvalue weighted by Gasteiger charge is -2.27. The van der Waals surface area contributed by atoms with E-state index in [0.717, 1.165) is 30.8 Å². The van der Waals surface area contributed by atoms with Gasteiger partial charge in [-0.25, -0.2) is 0 Å². The van der Waals surface area contributed by atoms with Crippen LogP contribution in [0.4, 0.5) is 0 Å². The minimum atomic E-state index is -1.02. The smallest absolute Gasteiger partial charge is 0.266 e. The summed E-state index contributed by atoms with van der Waals surface area (Å²) in [6.07, 6.45) is 2.58. The molecule has 2 N–H and O–H groups in total. The molecule has 1 aromatic carbocycles. The Morgan fingerprint density at radius 1 is 0.795 bits per heavy atom. The van der Waals surface area contributed by atoms with Crippen molar-refractivity contribution < 1.29 is 42.9 Å². The Balaban J connectivity index is 0.00000420. The van der Waals surface area contributed by atoms with Gasteiger partial charge in [-0.2, -0.15) is 0 Å². The molecule has 3 aliphatic rings. The monoisotopic (exact) mass is 569 g/mol. The average Bonchev–Trinajstić information content (AvgIpc) is 3.17. The molecule has 1 aromatic rings. The largest absolute Gasteiger partial charge is 0.490 e. The van der Waals surface area contributed by atoms with Gasteiger partial charge in [0, 0.05) is 6.42 Å². The Morgan fingerprint density at radius 3 is 2.10 bits per heavy atom. The Kier molecular flexibility index (Phi) is 12.6. The summed E-state index contributed by atoms with van der Waals surface area (Å²) in [6, 6.07) is 3.71. The first-order chi connectivity index (χ1) is 18.6. The molecule has 4 rings (SSSR count). The van der Waals surface area contributed by atoms with Crippen LogP contribution < -0.4 is 15.4 Å². The maximum absolute atomic E-state index is 13.0. The molecule has 12 nitrogen and oxygen atoms in total. The molecule has 3 heterocycles. The zero-order chi connectivity index (χ0) is 26.7. The average molecular weight is 570 g/mol. The fraction of sp³-hybridized carbons (Fsp3) is 0.615. The number of rotatable bonds is 15. The van der Waals surface area contributed by atoms with Crippen LogP contribution in [0.25, 0.3) is 0 Å². The normalized spacial score (nSPS) is 19.6. The molecule has 0 spiro atoms. The van der Waals surface area contributed by atoms with Gasteiger partial charge in [-0.1, -0.05) is 6.07 Å². The standard InChI is InChI=1S/C26H35N3O9.ClH/c30-22-5-4-20(24(31)28-22)29-25(32)19-2-1-3-21(23(19)26(29)33)38-17-15-36-13-11-34-10-12-35-14-16-37-18-6-8-27-9-7-18;/h1-3,18,20,27H,4-17H2,(H,28,30,31);1H. The zero-order valence-corrected chi connectivity index (χ0v) is 22.6. The Labute approximate surface area is 233 Å². The van der Waals surface area contributed by atoms with Crippen molar-refractivity contribution in [2.75, 3.05) is 65.9 Å². The molecule has 2 fully saturated rings. The molecule has 0 saturated carbocycles. The summed E-state index contributed by atoms with van der Waals surface area (Å²) in [5.41, 5.74) is 0.290. The van der Waals surface area contributed by atoms with Crippen LogP contribution in [-0.4, -0.2) is 107 Å². The molecule has 1 atom stereocenters. The van der Waals surface area contributed by atoms with E-state index in [1.807, 2.05) is 0 Å². The number of piperidine rings is 2. The van der Waals surface area contributed by atoms with Crippen molar-refractivity contribution in [2.24, 2.45) is 0 Å². The highest BCUT2D eigenvalue weighted by Gasteiger charge is 2.45. The van der Waals surface area contributed by atoms with E-state index in [1.165, 1.54) is 6.07 Å². The molecule has 0 aliphatic carbocycles. The number of imide groups is 2. The van der Waals surface area contributed by atoms with E-state index in [-0.39, 0.29) is 55.3 Å². The van der Waals surface area contributed by atoms with Gasteiger partial charge in [0.25, 0.3) is 11.8 Å². The second kappa shape index (κ2) is 15.8. The number of halogens is 1. The van der Waals surface area contributed by atoms with Crippen molar-refractivity contribution in [1.82, 2.24) is 15.5 Å². The van der Waals surface area contributed by atoms with Crippen LogP contribution in [0.5, 0.6) is 5.75 Å². The summed E-state index contributed by atoms with van der Waals surface area (Å²) >= 11 is 0. The second-order valence-corrected chi connectivity index (χ2v) is 9.13. The van der Waals surface area contributed by atoms with Crippen LogP contribution in [0.2, 0.25) is 0 Å². The van der Waals surface area contributed by atoms with E-state index in [0.29, 0.717) is 45.7 Å². The minimum Gasteiger partial charge on any atom is -0.490 e. The predicted molar refractivity (Wildman–Crippen MR) is 140 cm³/mol. The molecule has 4 amide bonds. The number of carbonyl (C=O) groups excluding carboxylic acids is 4. The van der Waals surface area contributed by atoms with E-state index in [1.54, 1.807) is 12.1 Å². The van der Waals surface area contributed by atoms with Gasteiger partial charge in [0.05, 0.1) is 63.5 Å². The van der Waals surface area contributed by atoms with Crippen molar-refractivity contribution in [3.63, 3.8) is 0 Å². The van der Waals surface area contributed by atoms with Gasteiger partial charge in [0.1, 0.15) is 18.4 Å². The number of nitrogens with zero attached hydrogens (tertiary/aromatic N) is 1. The molecule has 216 valence electrons. The third kappa shape index (κ3) is 8.44. The first-order valence-electron chi connectivity index (χ1n) is 13.1. The first-order valence-corrected chi connectivity index (χ1v) is 13.1. The van der Waals surface area contributed by atoms with E-state index < -0.39 is 29.7 Å². The fourth-order valence-corrected chi connectivity index (χ4v) is 4.59. The van der Waals surface area contributed by atoms with Crippen LogP contribution in [-0.2, 0) is 28.5 Å². The van der Waals surface area contributed by atoms with Gasteiger partial charge in [-0.15, -0.1) is 12.4 Å². The lowest BCUT2D eigenvalue weighted by atomic mass is 10.0. The maximum Gasteiger partial charge on any atom is 0.266 e. The number of amides is 4. The summed E-state index contributed by atoms with van der Waals surface area (Å²) in [5, 5.41) is 5.49. The fourth-order valence-electron chi connectivity index (χ4n) is 4.59. The number of fused-ring (bicyclic) bond motifs is 1. The van der Waals surface area contributed by atoms with Crippen LogP contribution in [0.3, 0.4) is 0 Å².